The van der Waals surface area contributed by atoms with Gasteiger partial charge in [0.2, 0.25) is 5.91 Å². The first-order valence-electron chi connectivity index (χ1n) is 9.20. The van der Waals surface area contributed by atoms with Gasteiger partial charge in [0.05, 0.1) is 17.2 Å². The van der Waals surface area contributed by atoms with E-state index < -0.39 is 4.92 Å². The predicted molar refractivity (Wildman–Crippen MR) is 103 cm³/mol. The van der Waals surface area contributed by atoms with Gasteiger partial charge in [0.25, 0.3) is 0 Å². The molecule has 1 aliphatic rings. The molecule has 28 heavy (non-hydrogen) atoms. The van der Waals surface area contributed by atoms with E-state index in [2.05, 4.69) is 0 Å². The highest BCUT2D eigenvalue weighted by Crippen LogP contribution is 2.26. The Bertz CT molecular complexity index is 838. The fourth-order valence-electron chi connectivity index (χ4n) is 3.20. The van der Waals surface area contributed by atoms with E-state index in [4.69, 9.17) is 4.74 Å². The molecule has 7 nitrogen and oxygen atoms in total. The first-order valence-corrected chi connectivity index (χ1v) is 9.20. The number of ether oxygens (including phenoxy) is 1. The van der Waals surface area contributed by atoms with Gasteiger partial charge in [0, 0.05) is 38.7 Å². The zero-order valence-corrected chi connectivity index (χ0v) is 15.4. The van der Waals surface area contributed by atoms with Crippen molar-refractivity contribution in [1.29, 1.82) is 0 Å². The van der Waals surface area contributed by atoms with Crippen molar-refractivity contribution in [2.75, 3.05) is 37.7 Å². The van der Waals surface area contributed by atoms with Crippen LogP contribution in [0.5, 0.6) is 5.75 Å². The van der Waals surface area contributed by atoms with Crippen molar-refractivity contribution >= 4 is 17.3 Å². The molecule has 0 atom stereocenters. The fraction of sp³-hybridized carbons (Fsp3) is 0.350. The van der Waals surface area contributed by atoms with Crippen LogP contribution in [0.3, 0.4) is 0 Å². The summed E-state index contributed by atoms with van der Waals surface area (Å²) in [5, 5.41) is 11.0. The third-order valence-corrected chi connectivity index (χ3v) is 4.68. The number of nitrogens with zero attached hydrogens (tertiary/aromatic N) is 3. The fourth-order valence-corrected chi connectivity index (χ4v) is 3.20. The molecule has 1 amide bonds. The van der Waals surface area contributed by atoms with Crippen LogP contribution in [0.4, 0.5) is 15.8 Å². The van der Waals surface area contributed by atoms with Crippen LogP contribution in [0.25, 0.3) is 0 Å². The summed E-state index contributed by atoms with van der Waals surface area (Å²) in [6.07, 6.45) is 0.777. The Kier molecular flexibility index (Phi) is 6.41. The predicted octanol–water partition coefficient (Wildman–Crippen LogP) is 3.24. The molecule has 1 fully saturated rings. The average molecular weight is 387 g/mol. The minimum Gasteiger partial charge on any atom is -0.487 e. The highest BCUT2D eigenvalue weighted by Gasteiger charge is 2.22. The second kappa shape index (κ2) is 9.16. The molecule has 1 aliphatic heterocycles. The zero-order chi connectivity index (χ0) is 19.9. The van der Waals surface area contributed by atoms with E-state index in [0.29, 0.717) is 44.7 Å². The van der Waals surface area contributed by atoms with E-state index in [1.165, 1.54) is 12.1 Å². The van der Waals surface area contributed by atoms with Crippen molar-refractivity contribution in [3.05, 3.63) is 64.5 Å². The van der Waals surface area contributed by atoms with E-state index in [0.717, 1.165) is 0 Å². The van der Waals surface area contributed by atoms with E-state index in [-0.39, 0.29) is 29.8 Å². The summed E-state index contributed by atoms with van der Waals surface area (Å²) in [7, 11) is 0. The Hall–Kier alpha value is -3.16. The lowest BCUT2D eigenvalue weighted by Crippen LogP contribution is -2.49. The molecule has 0 saturated carbocycles. The number of hydrogen-bond acceptors (Lipinski definition) is 5. The normalized spacial score (nSPS) is 14.0. The van der Waals surface area contributed by atoms with Crippen LogP contribution in [0.2, 0.25) is 0 Å². The van der Waals surface area contributed by atoms with Gasteiger partial charge in [-0.05, 0) is 24.6 Å². The first-order chi connectivity index (χ1) is 13.6. The molecule has 1 saturated heterocycles. The topological polar surface area (TPSA) is 75.9 Å². The summed E-state index contributed by atoms with van der Waals surface area (Å²) in [6, 6.07) is 12.8. The molecule has 0 unspecified atom stereocenters. The Morgan fingerprint density at radius 2 is 1.75 bits per heavy atom. The number of benzene rings is 2. The van der Waals surface area contributed by atoms with Crippen LogP contribution >= 0.6 is 0 Å². The van der Waals surface area contributed by atoms with Gasteiger partial charge in [-0.25, -0.2) is 4.39 Å². The van der Waals surface area contributed by atoms with Crippen LogP contribution in [0.15, 0.2) is 48.5 Å². The average Bonchev–Trinajstić information content (AvgIpc) is 2.72. The largest absolute Gasteiger partial charge is 0.487 e. The van der Waals surface area contributed by atoms with Gasteiger partial charge in [-0.3, -0.25) is 14.9 Å². The Morgan fingerprint density at radius 1 is 1.07 bits per heavy atom. The summed E-state index contributed by atoms with van der Waals surface area (Å²) >= 11 is 0. The molecule has 1 heterocycles. The summed E-state index contributed by atoms with van der Waals surface area (Å²) in [5.41, 5.74) is 0.477. The van der Waals surface area contributed by atoms with Crippen LogP contribution in [-0.2, 0) is 4.79 Å². The van der Waals surface area contributed by atoms with Crippen molar-refractivity contribution in [3.63, 3.8) is 0 Å². The van der Waals surface area contributed by atoms with E-state index in [9.17, 15) is 19.3 Å². The SMILES string of the molecule is O=C(CCCOc1ccccc1[N+](=O)[O-])N1CCN(c2ccccc2F)CC1. The summed E-state index contributed by atoms with van der Waals surface area (Å²) in [4.78, 5) is 26.5. The van der Waals surface area contributed by atoms with Crippen LogP contribution in [0.1, 0.15) is 12.8 Å². The number of halogens is 1. The molecular formula is C20H22FN3O4. The standard InChI is InChI=1S/C20H22FN3O4/c21-16-6-1-2-7-17(16)22-11-13-23(14-12-22)20(25)10-5-15-28-19-9-4-3-8-18(19)24(26)27/h1-4,6-9H,5,10-15H2. The van der Waals surface area contributed by atoms with Crippen LogP contribution in [0, 0.1) is 15.9 Å². The minimum absolute atomic E-state index is 0.0133. The highest BCUT2D eigenvalue weighted by molar-refractivity contribution is 5.76. The number of amides is 1. The van der Waals surface area contributed by atoms with E-state index in [1.807, 2.05) is 4.90 Å². The van der Waals surface area contributed by atoms with E-state index in [1.54, 1.807) is 41.3 Å². The van der Waals surface area contributed by atoms with Crippen molar-refractivity contribution in [1.82, 2.24) is 4.90 Å². The number of piperazine rings is 1. The molecule has 2 aromatic carbocycles. The number of nitro groups is 1. The lowest BCUT2D eigenvalue weighted by Gasteiger charge is -2.36. The van der Waals surface area contributed by atoms with Gasteiger partial charge >= 0.3 is 5.69 Å². The lowest BCUT2D eigenvalue weighted by molar-refractivity contribution is -0.385. The maximum absolute atomic E-state index is 13.9. The number of anilines is 1. The Labute approximate surface area is 162 Å². The number of hydrogen-bond donors (Lipinski definition) is 0. The maximum atomic E-state index is 13.9. The molecule has 3 rings (SSSR count). The van der Waals surface area contributed by atoms with Gasteiger partial charge in [-0.15, -0.1) is 0 Å². The van der Waals surface area contributed by atoms with E-state index >= 15 is 0 Å². The Morgan fingerprint density at radius 3 is 2.46 bits per heavy atom. The number of carbonyl (C=O) groups is 1. The van der Waals surface area contributed by atoms with Crippen molar-refractivity contribution in [2.24, 2.45) is 0 Å². The van der Waals surface area contributed by atoms with Crippen molar-refractivity contribution in [3.8, 4) is 5.75 Å². The highest BCUT2D eigenvalue weighted by atomic mass is 19.1. The quantitative estimate of drug-likeness (QED) is 0.414. The first kappa shape index (κ1) is 19.6. The van der Waals surface area contributed by atoms with Crippen LogP contribution < -0.4 is 9.64 Å². The second-order valence-electron chi connectivity index (χ2n) is 6.50. The van der Waals surface area contributed by atoms with Gasteiger partial charge < -0.3 is 14.5 Å². The molecule has 0 bridgehead atoms. The van der Waals surface area contributed by atoms with Gasteiger partial charge in [-0.1, -0.05) is 24.3 Å². The number of nitro benzene ring substituents is 1. The minimum atomic E-state index is -0.491. The molecule has 0 spiro atoms. The molecule has 0 N–H and O–H groups in total. The van der Waals surface area contributed by atoms with Crippen molar-refractivity contribution < 1.29 is 18.8 Å². The summed E-state index contributed by atoms with van der Waals surface area (Å²) in [6.45, 7) is 2.47. The smallest absolute Gasteiger partial charge is 0.310 e. The third kappa shape index (κ3) is 4.76. The maximum Gasteiger partial charge on any atom is 0.310 e. The third-order valence-electron chi connectivity index (χ3n) is 4.68. The van der Waals surface area contributed by atoms with Crippen molar-refractivity contribution in [2.45, 2.75) is 12.8 Å². The van der Waals surface area contributed by atoms with Crippen LogP contribution in [-0.4, -0.2) is 48.5 Å². The molecule has 0 aromatic heterocycles. The number of para-hydroxylation sites is 3. The molecule has 2 aromatic rings. The second-order valence-corrected chi connectivity index (χ2v) is 6.50. The lowest BCUT2D eigenvalue weighted by atomic mass is 10.2. The molecule has 0 radical (unpaired) electrons. The van der Waals surface area contributed by atoms with Gasteiger partial charge in [0.15, 0.2) is 5.75 Å². The number of rotatable bonds is 7. The summed E-state index contributed by atoms with van der Waals surface area (Å²) < 4.78 is 19.3. The molecular weight excluding hydrogens is 365 g/mol. The molecule has 148 valence electrons. The number of carbonyl (C=O) groups excluding carboxylic acids is 1. The monoisotopic (exact) mass is 387 g/mol. The zero-order valence-electron chi connectivity index (χ0n) is 15.4. The van der Waals surface area contributed by atoms with Gasteiger partial charge in [0.1, 0.15) is 5.82 Å². The summed E-state index contributed by atoms with van der Waals surface area (Å²) in [5.74, 6) is -0.0350. The molecule has 0 aliphatic carbocycles. The molecule has 8 heteroatoms. The van der Waals surface area contributed by atoms with Gasteiger partial charge in [-0.2, -0.15) is 0 Å². The Balaban J connectivity index is 1.42.